The van der Waals surface area contributed by atoms with Crippen LogP contribution < -0.4 is 0 Å². The number of fused-ring (bicyclic) bond motifs is 1. The molecule has 16 heavy (non-hydrogen) atoms. The number of aliphatic carboxylic acids is 1. The van der Waals surface area contributed by atoms with E-state index in [9.17, 15) is 4.79 Å². The first-order valence-electron chi connectivity index (χ1n) is 4.97. The van der Waals surface area contributed by atoms with E-state index in [-0.39, 0.29) is 12.3 Å². The molecule has 0 aliphatic rings. The molecule has 84 valence electrons. The molecule has 4 heteroatoms. The maximum atomic E-state index is 10.6. The highest BCUT2D eigenvalue weighted by Gasteiger charge is 2.11. The van der Waals surface area contributed by atoms with E-state index < -0.39 is 5.97 Å². The van der Waals surface area contributed by atoms with Crippen LogP contribution in [-0.2, 0) is 4.79 Å². The minimum Gasteiger partial charge on any atom is -0.481 e. The molecule has 0 saturated heterocycles. The van der Waals surface area contributed by atoms with Crippen LogP contribution in [0.25, 0.3) is 11.0 Å². The van der Waals surface area contributed by atoms with Gasteiger partial charge in [0.1, 0.15) is 5.58 Å². The molecular formula is C12H11ClO3. The van der Waals surface area contributed by atoms with E-state index in [4.69, 9.17) is 21.1 Å². The van der Waals surface area contributed by atoms with Crippen molar-refractivity contribution in [1.82, 2.24) is 0 Å². The van der Waals surface area contributed by atoms with Crippen molar-refractivity contribution in [3.05, 3.63) is 35.0 Å². The van der Waals surface area contributed by atoms with Gasteiger partial charge in [-0.3, -0.25) is 4.79 Å². The summed E-state index contributed by atoms with van der Waals surface area (Å²) in [6.07, 6.45) is 0.111. The van der Waals surface area contributed by atoms with Gasteiger partial charge >= 0.3 is 5.97 Å². The normalized spacial score (nSPS) is 12.9. The zero-order valence-corrected chi connectivity index (χ0v) is 9.49. The lowest BCUT2D eigenvalue weighted by Crippen LogP contribution is -2.02. The minimum atomic E-state index is -0.801. The Morgan fingerprint density at radius 1 is 1.50 bits per heavy atom. The van der Waals surface area contributed by atoms with Crippen molar-refractivity contribution in [2.75, 3.05) is 0 Å². The van der Waals surface area contributed by atoms with E-state index >= 15 is 0 Å². The predicted molar refractivity (Wildman–Crippen MR) is 61.9 cm³/mol. The summed E-state index contributed by atoms with van der Waals surface area (Å²) in [5.41, 5.74) is 1.64. The molecule has 0 bridgehead atoms. The molecule has 0 aliphatic carbocycles. The van der Waals surface area contributed by atoms with Crippen LogP contribution in [0.15, 0.2) is 28.7 Å². The van der Waals surface area contributed by atoms with E-state index in [0.29, 0.717) is 10.8 Å². The van der Waals surface area contributed by atoms with Crippen LogP contribution >= 0.6 is 11.6 Å². The maximum Gasteiger partial charge on any atom is 0.303 e. The summed E-state index contributed by atoms with van der Waals surface area (Å²) >= 11 is 5.74. The molecule has 2 aromatic rings. The Morgan fingerprint density at radius 2 is 2.25 bits per heavy atom. The van der Waals surface area contributed by atoms with Gasteiger partial charge in [0, 0.05) is 11.5 Å². The van der Waals surface area contributed by atoms with Gasteiger partial charge < -0.3 is 9.52 Å². The Bertz CT molecular complexity index is 530. The van der Waals surface area contributed by atoms with Crippen LogP contribution in [0, 0.1) is 0 Å². The quantitative estimate of drug-likeness (QED) is 0.888. The van der Waals surface area contributed by atoms with Crippen LogP contribution in [0.5, 0.6) is 0 Å². The van der Waals surface area contributed by atoms with E-state index in [1.54, 1.807) is 6.07 Å². The second kappa shape index (κ2) is 4.18. The molecule has 0 amide bonds. The molecule has 1 N–H and O–H groups in total. The van der Waals surface area contributed by atoms with E-state index in [1.807, 2.05) is 25.1 Å². The number of carboxylic acids is 1. The lowest BCUT2D eigenvalue weighted by molar-refractivity contribution is -0.137. The number of furan rings is 1. The fourth-order valence-electron chi connectivity index (χ4n) is 1.70. The Kier molecular flexibility index (Phi) is 2.88. The lowest BCUT2D eigenvalue weighted by atomic mass is 9.97. The first-order chi connectivity index (χ1) is 7.56. The summed E-state index contributed by atoms with van der Waals surface area (Å²) in [5.74, 6) is -0.837. The molecule has 0 aliphatic heterocycles. The second-order valence-corrected chi connectivity index (χ2v) is 4.22. The molecule has 1 aromatic carbocycles. The monoisotopic (exact) mass is 238 g/mol. The largest absolute Gasteiger partial charge is 0.481 e. The number of rotatable bonds is 3. The zero-order chi connectivity index (χ0) is 11.7. The average Bonchev–Trinajstić information content (AvgIpc) is 2.55. The highest BCUT2D eigenvalue weighted by molar-refractivity contribution is 6.29. The Balaban J connectivity index is 2.34. The van der Waals surface area contributed by atoms with Crippen LogP contribution in [0.4, 0.5) is 0 Å². The summed E-state index contributed by atoms with van der Waals surface area (Å²) in [4.78, 5) is 10.6. The van der Waals surface area contributed by atoms with Crippen molar-refractivity contribution in [2.24, 2.45) is 0 Å². The topological polar surface area (TPSA) is 50.4 Å². The van der Waals surface area contributed by atoms with Crippen molar-refractivity contribution in [2.45, 2.75) is 19.3 Å². The van der Waals surface area contributed by atoms with Crippen molar-refractivity contribution in [3.8, 4) is 0 Å². The zero-order valence-electron chi connectivity index (χ0n) is 8.74. The Hall–Kier alpha value is -1.48. The van der Waals surface area contributed by atoms with Gasteiger partial charge in [-0.2, -0.15) is 0 Å². The number of halogens is 1. The first-order valence-corrected chi connectivity index (χ1v) is 5.35. The van der Waals surface area contributed by atoms with Crippen molar-refractivity contribution >= 4 is 28.5 Å². The van der Waals surface area contributed by atoms with Crippen molar-refractivity contribution in [3.63, 3.8) is 0 Å². The Labute approximate surface area is 97.6 Å². The molecule has 0 saturated carbocycles. The molecule has 0 fully saturated rings. The molecule has 1 aromatic heterocycles. The highest BCUT2D eigenvalue weighted by Crippen LogP contribution is 2.27. The van der Waals surface area contributed by atoms with E-state index in [1.165, 1.54) is 0 Å². The minimum absolute atomic E-state index is 0.0363. The number of hydrogen-bond donors (Lipinski definition) is 1. The Morgan fingerprint density at radius 3 is 2.94 bits per heavy atom. The smallest absolute Gasteiger partial charge is 0.303 e. The summed E-state index contributed by atoms with van der Waals surface area (Å²) in [7, 11) is 0. The third-order valence-electron chi connectivity index (χ3n) is 2.56. The molecular weight excluding hydrogens is 228 g/mol. The summed E-state index contributed by atoms with van der Waals surface area (Å²) in [6.45, 7) is 1.87. The third kappa shape index (κ3) is 2.19. The fraction of sp³-hybridized carbons (Fsp3) is 0.250. The van der Waals surface area contributed by atoms with Gasteiger partial charge in [-0.05, 0) is 29.1 Å². The standard InChI is InChI=1S/C12H11ClO3/c1-7(4-12(14)15)8-2-3-9-6-11(13)16-10(9)5-8/h2-3,5-7H,4H2,1H3,(H,14,15). The van der Waals surface area contributed by atoms with Gasteiger partial charge in [0.15, 0.2) is 5.22 Å². The number of hydrogen-bond acceptors (Lipinski definition) is 2. The van der Waals surface area contributed by atoms with E-state index in [0.717, 1.165) is 10.9 Å². The molecule has 1 atom stereocenters. The van der Waals surface area contributed by atoms with Crippen LogP contribution in [0.2, 0.25) is 5.22 Å². The van der Waals surface area contributed by atoms with Gasteiger partial charge in [0.05, 0.1) is 6.42 Å². The maximum absolute atomic E-state index is 10.6. The first kappa shape index (κ1) is 11.0. The number of benzene rings is 1. The van der Waals surface area contributed by atoms with Crippen molar-refractivity contribution < 1.29 is 14.3 Å². The molecule has 0 spiro atoms. The van der Waals surface area contributed by atoms with Crippen molar-refractivity contribution in [1.29, 1.82) is 0 Å². The lowest BCUT2D eigenvalue weighted by Gasteiger charge is -2.08. The van der Waals surface area contributed by atoms with Gasteiger partial charge in [0.25, 0.3) is 0 Å². The summed E-state index contributed by atoms with van der Waals surface area (Å²) in [5, 5.41) is 9.99. The summed E-state index contributed by atoms with van der Waals surface area (Å²) in [6, 6.07) is 7.37. The fourth-order valence-corrected chi connectivity index (χ4v) is 1.90. The van der Waals surface area contributed by atoms with Gasteiger partial charge in [0.2, 0.25) is 0 Å². The molecule has 1 unspecified atom stereocenters. The van der Waals surface area contributed by atoms with Crippen LogP contribution in [-0.4, -0.2) is 11.1 Å². The van der Waals surface area contributed by atoms with Crippen LogP contribution in [0.1, 0.15) is 24.8 Å². The van der Waals surface area contributed by atoms with Crippen LogP contribution in [0.3, 0.4) is 0 Å². The molecule has 3 nitrogen and oxygen atoms in total. The highest BCUT2D eigenvalue weighted by atomic mass is 35.5. The molecule has 0 radical (unpaired) electrons. The predicted octanol–water partition coefficient (Wildman–Crippen LogP) is 3.66. The molecule has 1 heterocycles. The second-order valence-electron chi connectivity index (χ2n) is 3.85. The summed E-state index contributed by atoms with van der Waals surface area (Å²) < 4.78 is 5.28. The number of carboxylic acid groups (broad SMARTS) is 1. The van der Waals surface area contributed by atoms with E-state index in [2.05, 4.69) is 0 Å². The third-order valence-corrected chi connectivity index (χ3v) is 2.75. The van der Waals surface area contributed by atoms with Gasteiger partial charge in [-0.15, -0.1) is 0 Å². The average molecular weight is 239 g/mol. The van der Waals surface area contributed by atoms with Gasteiger partial charge in [-0.1, -0.05) is 19.1 Å². The SMILES string of the molecule is CC(CC(=O)O)c1ccc2cc(Cl)oc2c1. The van der Waals surface area contributed by atoms with Gasteiger partial charge in [-0.25, -0.2) is 0 Å². The molecule has 2 rings (SSSR count). The number of carbonyl (C=O) groups is 1.